The summed E-state index contributed by atoms with van der Waals surface area (Å²) in [6.45, 7) is 8.27. The molecule has 0 aromatic heterocycles. The summed E-state index contributed by atoms with van der Waals surface area (Å²) in [5, 5.41) is 3.49. The molecular formula is C15H23FN2. The Morgan fingerprint density at radius 1 is 1.44 bits per heavy atom. The highest BCUT2D eigenvalue weighted by atomic mass is 19.1. The molecule has 1 saturated heterocycles. The van der Waals surface area contributed by atoms with Crippen LogP contribution < -0.4 is 5.32 Å². The van der Waals surface area contributed by atoms with Gasteiger partial charge < -0.3 is 5.32 Å². The Morgan fingerprint density at radius 2 is 2.28 bits per heavy atom. The molecule has 1 aliphatic heterocycles. The Morgan fingerprint density at radius 3 is 3.00 bits per heavy atom. The fourth-order valence-electron chi connectivity index (χ4n) is 2.74. The van der Waals surface area contributed by atoms with Crippen molar-refractivity contribution >= 4 is 0 Å². The molecule has 18 heavy (non-hydrogen) atoms. The largest absolute Gasteiger partial charge is 0.311 e. The Hall–Kier alpha value is -0.930. The summed E-state index contributed by atoms with van der Waals surface area (Å²) in [7, 11) is 0. The van der Waals surface area contributed by atoms with Crippen LogP contribution in [0.1, 0.15) is 30.9 Å². The summed E-state index contributed by atoms with van der Waals surface area (Å²) in [5.41, 5.74) is 1.89. The van der Waals surface area contributed by atoms with Crippen molar-refractivity contribution in [2.75, 3.05) is 19.6 Å². The molecule has 0 spiro atoms. The molecule has 1 aromatic carbocycles. The van der Waals surface area contributed by atoms with Crippen molar-refractivity contribution in [3.05, 3.63) is 35.1 Å². The summed E-state index contributed by atoms with van der Waals surface area (Å²) in [4.78, 5) is 2.53. The number of aryl methyl sites for hydroxylation is 1. The highest BCUT2D eigenvalue weighted by molar-refractivity contribution is 5.23. The van der Waals surface area contributed by atoms with Crippen molar-refractivity contribution in [1.82, 2.24) is 10.2 Å². The van der Waals surface area contributed by atoms with Gasteiger partial charge in [-0.15, -0.1) is 0 Å². The first kappa shape index (κ1) is 13.5. The fourth-order valence-corrected chi connectivity index (χ4v) is 2.74. The molecule has 0 bridgehead atoms. The Kier molecular flexibility index (Phi) is 4.72. The molecule has 100 valence electrons. The van der Waals surface area contributed by atoms with Crippen molar-refractivity contribution in [2.24, 2.45) is 0 Å². The third-order valence-electron chi connectivity index (χ3n) is 3.84. The van der Waals surface area contributed by atoms with E-state index in [0.717, 1.165) is 30.8 Å². The number of hydrogen-bond acceptors (Lipinski definition) is 2. The zero-order valence-electron chi connectivity index (χ0n) is 11.4. The number of likely N-dealkylation sites (N-methyl/N-ethyl adjacent to an activating group) is 1. The van der Waals surface area contributed by atoms with E-state index in [1.165, 1.54) is 19.4 Å². The molecule has 1 atom stereocenters. The van der Waals surface area contributed by atoms with Gasteiger partial charge in [0.15, 0.2) is 0 Å². The smallest absolute Gasteiger partial charge is 0.126 e. The van der Waals surface area contributed by atoms with E-state index in [9.17, 15) is 4.39 Å². The molecular weight excluding hydrogens is 227 g/mol. The predicted molar refractivity (Wildman–Crippen MR) is 73.1 cm³/mol. The van der Waals surface area contributed by atoms with Crippen LogP contribution in [0.25, 0.3) is 0 Å². The van der Waals surface area contributed by atoms with Crippen molar-refractivity contribution in [3.63, 3.8) is 0 Å². The summed E-state index contributed by atoms with van der Waals surface area (Å²) < 4.78 is 13.1. The van der Waals surface area contributed by atoms with Gasteiger partial charge in [0.05, 0.1) is 0 Å². The van der Waals surface area contributed by atoms with E-state index in [-0.39, 0.29) is 5.82 Å². The zero-order chi connectivity index (χ0) is 13.0. The normalized spacial score (nSPS) is 20.5. The number of benzene rings is 1. The molecule has 1 aliphatic rings. The second kappa shape index (κ2) is 6.30. The maximum absolute atomic E-state index is 13.1. The van der Waals surface area contributed by atoms with E-state index in [0.29, 0.717) is 6.04 Å². The number of hydrogen-bond donors (Lipinski definition) is 1. The Bertz CT molecular complexity index is 392. The SMILES string of the molecule is CCN1CCCC1CNCc1ccc(F)c(C)c1. The molecule has 1 fully saturated rings. The Balaban J connectivity index is 1.79. The summed E-state index contributed by atoms with van der Waals surface area (Å²) in [5.74, 6) is -0.119. The Labute approximate surface area is 109 Å². The van der Waals surface area contributed by atoms with Gasteiger partial charge in [-0.25, -0.2) is 4.39 Å². The van der Waals surface area contributed by atoms with Crippen molar-refractivity contribution in [2.45, 2.75) is 39.3 Å². The minimum Gasteiger partial charge on any atom is -0.311 e. The van der Waals surface area contributed by atoms with Crippen molar-refractivity contribution < 1.29 is 4.39 Å². The average molecular weight is 250 g/mol. The minimum absolute atomic E-state index is 0.119. The topological polar surface area (TPSA) is 15.3 Å². The van der Waals surface area contributed by atoms with E-state index in [4.69, 9.17) is 0 Å². The third-order valence-corrected chi connectivity index (χ3v) is 3.84. The van der Waals surface area contributed by atoms with Gasteiger partial charge in [0.1, 0.15) is 5.82 Å². The molecule has 0 saturated carbocycles. The van der Waals surface area contributed by atoms with Crippen LogP contribution in [0.3, 0.4) is 0 Å². The molecule has 2 rings (SSSR count). The van der Waals surface area contributed by atoms with Crippen molar-refractivity contribution in [3.8, 4) is 0 Å². The van der Waals surface area contributed by atoms with Gasteiger partial charge in [0, 0.05) is 19.1 Å². The molecule has 0 amide bonds. The number of nitrogens with one attached hydrogen (secondary N) is 1. The highest BCUT2D eigenvalue weighted by Gasteiger charge is 2.21. The summed E-state index contributed by atoms with van der Waals surface area (Å²) in [6.07, 6.45) is 2.61. The second-order valence-electron chi connectivity index (χ2n) is 5.14. The van der Waals surface area contributed by atoms with E-state index in [1.54, 1.807) is 6.07 Å². The van der Waals surface area contributed by atoms with Gasteiger partial charge >= 0.3 is 0 Å². The zero-order valence-corrected chi connectivity index (χ0v) is 11.4. The van der Waals surface area contributed by atoms with Crippen LogP contribution in [0.15, 0.2) is 18.2 Å². The van der Waals surface area contributed by atoms with E-state index in [1.807, 2.05) is 19.1 Å². The fraction of sp³-hybridized carbons (Fsp3) is 0.600. The van der Waals surface area contributed by atoms with Gasteiger partial charge in [-0.1, -0.05) is 19.1 Å². The standard InChI is InChI=1S/C15H23FN2/c1-3-18-8-4-5-14(18)11-17-10-13-6-7-15(16)12(2)9-13/h6-7,9,14,17H,3-5,8,10-11H2,1-2H3. The van der Waals surface area contributed by atoms with E-state index in [2.05, 4.69) is 17.1 Å². The molecule has 2 nitrogen and oxygen atoms in total. The van der Waals surface area contributed by atoms with Crippen LogP contribution in [0.4, 0.5) is 4.39 Å². The quantitative estimate of drug-likeness (QED) is 0.864. The van der Waals surface area contributed by atoms with Crippen LogP contribution in [0.5, 0.6) is 0 Å². The average Bonchev–Trinajstić information content (AvgIpc) is 2.81. The van der Waals surface area contributed by atoms with Gasteiger partial charge in [0.25, 0.3) is 0 Å². The van der Waals surface area contributed by atoms with E-state index < -0.39 is 0 Å². The predicted octanol–water partition coefficient (Wildman–Crippen LogP) is 2.71. The van der Waals surface area contributed by atoms with E-state index >= 15 is 0 Å². The molecule has 1 unspecified atom stereocenters. The summed E-state index contributed by atoms with van der Waals surface area (Å²) >= 11 is 0. The first-order valence-corrected chi connectivity index (χ1v) is 6.90. The van der Waals surface area contributed by atoms with Gasteiger partial charge in [-0.05, 0) is 50.0 Å². The third kappa shape index (κ3) is 3.30. The maximum Gasteiger partial charge on any atom is 0.126 e. The van der Waals surface area contributed by atoms with Crippen LogP contribution in [0.2, 0.25) is 0 Å². The van der Waals surface area contributed by atoms with Crippen LogP contribution >= 0.6 is 0 Å². The number of nitrogens with zero attached hydrogens (tertiary/aromatic N) is 1. The van der Waals surface area contributed by atoms with Gasteiger partial charge in [0.2, 0.25) is 0 Å². The molecule has 3 heteroatoms. The van der Waals surface area contributed by atoms with Crippen molar-refractivity contribution in [1.29, 1.82) is 0 Å². The molecule has 0 radical (unpaired) electrons. The monoisotopic (exact) mass is 250 g/mol. The molecule has 1 heterocycles. The first-order chi connectivity index (χ1) is 8.70. The van der Waals surface area contributed by atoms with Crippen LogP contribution in [-0.2, 0) is 6.54 Å². The van der Waals surface area contributed by atoms with Gasteiger partial charge in [-0.3, -0.25) is 4.90 Å². The summed E-state index contributed by atoms with van der Waals surface area (Å²) in [6, 6.07) is 6.02. The minimum atomic E-state index is -0.119. The number of halogens is 1. The molecule has 1 aromatic rings. The number of likely N-dealkylation sites (tertiary alicyclic amines) is 1. The lowest BCUT2D eigenvalue weighted by Crippen LogP contribution is -2.37. The maximum atomic E-state index is 13.1. The lowest BCUT2D eigenvalue weighted by molar-refractivity contribution is 0.260. The highest BCUT2D eigenvalue weighted by Crippen LogP contribution is 2.16. The first-order valence-electron chi connectivity index (χ1n) is 6.90. The lowest BCUT2D eigenvalue weighted by Gasteiger charge is -2.23. The van der Waals surface area contributed by atoms with Crippen LogP contribution in [-0.4, -0.2) is 30.6 Å². The molecule has 1 N–H and O–H groups in total. The molecule has 0 aliphatic carbocycles. The van der Waals surface area contributed by atoms with Crippen LogP contribution in [0, 0.1) is 12.7 Å². The van der Waals surface area contributed by atoms with Gasteiger partial charge in [-0.2, -0.15) is 0 Å². The lowest BCUT2D eigenvalue weighted by atomic mass is 10.1. The number of rotatable bonds is 5. The second-order valence-corrected chi connectivity index (χ2v) is 5.14.